The lowest BCUT2D eigenvalue weighted by atomic mass is 9.76. The maximum atomic E-state index is 3.61. The number of piperidine rings is 1. The first kappa shape index (κ1) is 15.4. The largest absolute Gasteiger partial charge is 0.374 e. The molecule has 2 rings (SSSR count). The van der Waals surface area contributed by atoms with Crippen molar-refractivity contribution in [2.75, 3.05) is 31.6 Å². The smallest absolute Gasteiger partial charge is 0.0369 e. The third-order valence-corrected chi connectivity index (χ3v) is 4.56. The van der Waals surface area contributed by atoms with Crippen LogP contribution in [0.15, 0.2) is 18.2 Å². The quantitative estimate of drug-likeness (QED) is 0.876. The summed E-state index contributed by atoms with van der Waals surface area (Å²) in [6.07, 6.45) is 5.29. The van der Waals surface area contributed by atoms with E-state index >= 15 is 0 Å². The molecule has 0 saturated carbocycles. The van der Waals surface area contributed by atoms with Crippen LogP contribution in [0.5, 0.6) is 0 Å². The van der Waals surface area contributed by atoms with Gasteiger partial charge in [0.15, 0.2) is 0 Å². The zero-order valence-electron chi connectivity index (χ0n) is 13.6. The minimum atomic E-state index is 0.458. The van der Waals surface area contributed by atoms with Crippen molar-refractivity contribution in [3.05, 3.63) is 29.3 Å². The zero-order chi connectivity index (χ0) is 14.6. The Labute approximate surface area is 124 Å². The maximum absolute atomic E-state index is 3.61. The lowest BCUT2D eigenvalue weighted by molar-refractivity contribution is 0.197. The second-order valence-corrected chi connectivity index (χ2v) is 6.73. The normalized spacial score (nSPS) is 22.8. The molecule has 20 heavy (non-hydrogen) atoms. The van der Waals surface area contributed by atoms with E-state index in [0.717, 1.165) is 6.54 Å². The predicted molar refractivity (Wildman–Crippen MR) is 88.6 cm³/mol. The average molecular weight is 274 g/mol. The van der Waals surface area contributed by atoms with Crippen LogP contribution in [0.1, 0.15) is 43.7 Å². The number of hydrogen-bond donors (Lipinski definition) is 1. The first-order valence-corrected chi connectivity index (χ1v) is 8.05. The van der Waals surface area contributed by atoms with Gasteiger partial charge >= 0.3 is 0 Å². The number of anilines is 1. The van der Waals surface area contributed by atoms with Crippen molar-refractivity contribution in [3.8, 4) is 0 Å². The summed E-state index contributed by atoms with van der Waals surface area (Å²) < 4.78 is 0. The van der Waals surface area contributed by atoms with E-state index in [0.29, 0.717) is 5.41 Å². The van der Waals surface area contributed by atoms with Crippen molar-refractivity contribution in [2.45, 2.75) is 46.5 Å². The molecule has 0 amide bonds. The van der Waals surface area contributed by atoms with Crippen LogP contribution >= 0.6 is 0 Å². The summed E-state index contributed by atoms with van der Waals surface area (Å²) in [6.45, 7) is 10.2. The van der Waals surface area contributed by atoms with E-state index in [-0.39, 0.29) is 0 Å². The molecule has 1 saturated heterocycles. The summed E-state index contributed by atoms with van der Waals surface area (Å²) in [7, 11) is 2.25. The van der Waals surface area contributed by atoms with Gasteiger partial charge in [-0.05, 0) is 62.9 Å². The van der Waals surface area contributed by atoms with Crippen molar-refractivity contribution in [3.63, 3.8) is 0 Å². The Kier molecular flexibility index (Phi) is 5.09. The lowest BCUT2D eigenvalue weighted by Gasteiger charge is -2.41. The first-order chi connectivity index (χ1) is 9.54. The Hall–Kier alpha value is -1.02. The third-order valence-electron chi connectivity index (χ3n) is 4.56. The highest BCUT2D eigenvalue weighted by Crippen LogP contribution is 2.33. The van der Waals surface area contributed by atoms with Gasteiger partial charge < -0.3 is 10.2 Å². The summed E-state index contributed by atoms with van der Waals surface area (Å²) in [4.78, 5) is 2.46. The molecule has 0 bridgehead atoms. The highest BCUT2D eigenvalue weighted by molar-refractivity contribution is 5.50. The van der Waals surface area contributed by atoms with E-state index in [2.05, 4.69) is 56.2 Å². The molecule has 1 unspecified atom stereocenters. The molecular formula is C18H30N2. The zero-order valence-corrected chi connectivity index (χ0v) is 13.6. The van der Waals surface area contributed by atoms with Crippen molar-refractivity contribution < 1.29 is 0 Å². The molecule has 0 aliphatic carbocycles. The monoisotopic (exact) mass is 274 g/mol. The summed E-state index contributed by atoms with van der Waals surface area (Å²) in [5, 5.41) is 3.61. The van der Waals surface area contributed by atoms with Crippen LogP contribution in [0.4, 0.5) is 5.69 Å². The molecule has 1 aliphatic rings. The number of aryl methyl sites for hydroxylation is 2. The Bertz CT molecular complexity index is 407. The molecule has 1 fully saturated rings. The number of nitrogens with one attached hydrogen (secondary N) is 1. The average Bonchev–Trinajstić information content (AvgIpc) is 2.38. The molecule has 1 N–H and O–H groups in total. The van der Waals surface area contributed by atoms with Crippen LogP contribution in [0, 0.1) is 19.3 Å². The van der Waals surface area contributed by atoms with Crippen molar-refractivity contribution >= 4 is 5.69 Å². The predicted octanol–water partition coefficient (Wildman–Crippen LogP) is 3.91. The van der Waals surface area contributed by atoms with Crippen LogP contribution < -0.4 is 10.2 Å². The molecule has 1 heterocycles. The second-order valence-electron chi connectivity index (χ2n) is 6.73. The van der Waals surface area contributed by atoms with E-state index < -0.39 is 0 Å². The molecule has 0 aromatic heterocycles. The first-order valence-electron chi connectivity index (χ1n) is 8.05. The van der Waals surface area contributed by atoms with Gasteiger partial charge in [0.1, 0.15) is 0 Å². The van der Waals surface area contributed by atoms with Crippen LogP contribution in [0.3, 0.4) is 0 Å². The van der Waals surface area contributed by atoms with E-state index in [4.69, 9.17) is 0 Å². The van der Waals surface area contributed by atoms with Gasteiger partial charge in [0.2, 0.25) is 0 Å². The molecule has 1 aromatic carbocycles. The molecule has 0 spiro atoms. The third kappa shape index (κ3) is 3.76. The minimum absolute atomic E-state index is 0.458. The van der Waals surface area contributed by atoms with E-state index in [1.165, 1.54) is 55.6 Å². The number of benzene rings is 1. The van der Waals surface area contributed by atoms with Crippen molar-refractivity contribution in [1.82, 2.24) is 5.32 Å². The number of hydrogen-bond acceptors (Lipinski definition) is 2. The molecule has 1 aliphatic heterocycles. The van der Waals surface area contributed by atoms with Crippen molar-refractivity contribution in [2.24, 2.45) is 5.41 Å². The topological polar surface area (TPSA) is 15.3 Å². The van der Waals surface area contributed by atoms with E-state index in [1.54, 1.807) is 0 Å². The van der Waals surface area contributed by atoms with E-state index in [1.807, 2.05) is 0 Å². The standard InChI is InChI=1S/C18H30N2/c1-5-7-18(8-6-9-19-13-18)14-20(4)17-11-15(2)10-16(3)12-17/h10-12,19H,5-9,13-14H2,1-4H3. The van der Waals surface area contributed by atoms with Gasteiger partial charge in [0, 0.05) is 31.2 Å². The minimum Gasteiger partial charge on any atom is -0.374 e. The molecule has 112 valence electrons. The summed E-state index contributed by atoms with van der Waals surface area (Å²) in [5.74, 6) is 0. The van der Waals surface area contributed by atoms with Gasteiger partial charge in [-0.25, -0.2) is 0 Å². The highest BCUT2D eigenvalue weighted by Gasteiger charge is 2.32. The molecule has 2 heteroatoms. The van der Waals surface area contributed by atoms with Crippen LogP contribution in [-0.2, 0) is 0 Å². The Morgan fingerprint density at radius 3 is 2.45 bits per heavy atom. The van der Waals surface area contributed by atoms with Gasteiger partial charge in [0.25, 0.3) is 0 Å². The Morgan fingerprint density at radius 2 is 1.90 bits per heavy atom. The molecule has 1 atom stereocenters. The number of rotatable bonds is 5. The van der Waals surface area contributed by atoms with Gasteiger partial charge in [-0.2, -0.15) is 0 Å². The van der Waals surface area contributed by atoms with Crippen molar-refractivity contribution in [1.29, 1.82) is 0 Å². The van der Waals surface area contributed by atoms with Gasteiger partial charge in [-0.3, -0.25) is 0 Å². The fourth-order valence-corrected chi connectivity index (χ4v) is 3.75. The highest BCUT2D eigenvalue weighted by atomic mass is 15.1. The molecule has 1 aromatic rings. The van der Waals surface area contributed by atoms with Gasteiger partial charge in [-0.15, -0.1) is 0 Å². The Morgan fingerprint density at radius 1 is 1.20 bits per heavy atom. The summed E-state index contributed by atoms with van der Waals surface area (Å²) in [6, 6.07) is 6.87. The van der Waals surface area contributed by atoms with Crippen LogP contribution in [0.25, 0.3) is 0 Å². The van der Waals surface area contributed by atoms with Gasteiger partial charge in [0.05, 0.1) is 0 Å². The SMILES string of the molecule is CCCC1(CN(C)c2cc(C)cc(C)c2)CCCNC1. The summed E-state index contributed by atoms with van der Waals surface area (Å²) in [5.41, 5.74) is 4.54. The molecule has 0 radical (unpaired) electrons. The Balaban J connectivity index is 2.13. The second kappa shape index (κ2) is 6.62. The lowest BCUT2D eigenvalue weighted by Crippen LogP contribution is -2.46. The van der Waals surface area contributed by atoms with Crippen LogP contribution in [-0.4, -0.2) is 26.7 Å². The molecule has 2 nitrogen and oxygen atoms in total. The van der Waals surface area contributed by atoms with Crippen LogP contribution in [0.2, 0.25) is 0 Å². The molecular weight excluding hydrogens is 244 g/mol. The number of nitrogens with zero attached hydrogens (tertiary/aromatic N) is 1. The fourth-order valence-electron chi connectivity index (χ4n) is 3.75. The van der Waals surface area contributed by atoms with E-state index in [9.17, 15) is 0 Å². The van der Waals surface area contributed by atoms with Gasteiger partial charge in [-0.1, -0.05) is 19.4 Å². The fraction of sp³-hybridized carbons (Fsp3) is 0.667. The maximum Gasteiger partial charge on any atom is 0.0369 e. The summed E-state index contributed by atoms with van der Waals surface area (Å²) >= 11 is 0.